The van der Waals surface area contributed by atoms with E-state index in [9.17, 15) is 28.8 Å². The Hall–Kier alpha value is -2.41. The van der Waals surface area contributed by atoms with Gasteiger partial charge in [0, 0.05) is 5.56 Å². The maximum Gasteiger partial charge on any atom is 0.530 e. The number of hydrogen-bond donors (Lipinski definition) is 3. The summed E-state index contributed by atoms with van der Waals surface area (Å²) in [5.74, 6) is -5.77. The molecule has 0 bridgehead atoms. The number of hydrogen-bond acceptors (Lipinski definition) is 9. The molecule has 2 aliphatic rings. The summed E-state index contributed by atoms with van der Waals surface area (Å²) in [6.45, 7) is -0.931. The van der Waals surface area contributed by atoms with E-state index in [2.05, 4.69) is 9.26 Å². The zero-order valence-electron chi connectivity index (χ0n) is 19.5. The van der Waals surface area contributed by atoms with Crippen molar-refractivity contribution in [2.75, 3.05) is 6.56 Å². The third-order valence-corrected chi connectivity index (χ3v) is 5.86. The zero-order valence-corrected chi connectivity index (χ0v) is 17.4. The number of aliphatic hydroxyl groups excluding tert-OH is 2. The monoisotopic (exact) mass is 479 g/mol. The normalized spacial score (nSPS) is 36.0. The van der Waals surface area contributed by atoms with Crippen LogP contribution in [0.2, 0.25) is 0 Å². The van der Waals surface area contributed by atoms with Crippen LogP contribution in [0, 0.1) is 19.7 Å². The Morgan fingerprint density at radius 3 is 2.88 bits per heavy atom. The minimum absolute atomic E-state index is 0.0342. The van der Waals surface area contributed by atoms with Gasteiger partial charge in [-0.05, 0) is 19.4 Å². The number of phosphoric acid groups is 1. The Labute approximate surface area is 183 Å². The molecule has 4 rings (SSSR count). The van der Waals surface area contributed by atoms with Gasteiger partial charge >= 0.3 is 13.5 Å². The SMILES string of the molecule is [2H]C([2H])(OP1(=O)OCc2cc(C)cc(C)c2O1)[C@@]1(F)O[C@@]([2H])(n2cc(F)c(=O)[nH]c2=O)[C@H](O)[C@@H]1O. The molecule has 174 valence electrons. The van der Waals surface area contributed by atoms with Gasteiger partial charge in [0.2, 0.25) is 5.82 Å². The van der Waals surface area contributed by atoms with E-state index in [-0.39, 0.29) is 23.1 Å². The fourth-order valence-electron chi connectivity index (χ4n) is 3.23. The molecule has 11 nitrogen and oxygen atoms in total. The second-order valence-electron chi connectivity index (χ2n) is 7.16. The largest absolute Gasteiger partial charge is 0.530 e. The number of aromatic nitrogens is 2. The maximum absolute atomic E-state index is 15.8. The van der Waals surface area contributed by atoms with Gasteiger partial charge in [-0.15, -0.1) is 0 Å². The minimum atomic E-state index is -4.91. The lowest BCUT2D eigenvalue weighted by molar-refractivity contribution is -0.205. The quantitative estimate of drug-likeness (QED) is 0.545. The van der Waals surface area contributed by atoms with Crippen LogP contribution < -0.4 is 15.8 Å². The predicted octanol–water partition coefficient (Wildman–Crippen LogP) is 0.943. The number of phosphoric ester groups is 1. The second kappa shape index (κ2) is 7.87. The van der Waals surface area contributed by atoms with Crippen LogP contribution in [0.4, 0.5) is 8.78 Å². The van der Waals surface area contributed by atoms with Gasteiger partial charge in [0.25, 0.3) is 11.4 Å². The Balaban J connectivity index is 1.68. The topological polar surface area (TPSA) is 149 Å². The third-order valence-electron chi connectivity index (χ3n) is 4.70. The smallest absolute Gasteiger partial charge is 0.403 e. The summed E-state index contributed by atoms with van der Waals surface area (Å²) in [5, 5.41) is 20.6. The molecular formula is C18H19F2N2O9P. The van der Waals surface area contributed by atoms with Crippen molar-refractivity contribution in [1.82, 2.24) is 9.55 Å². The summed E-state index contributed by atoms with van der Waals surface area (Å²) in [7, 11) is -4.91. The fraction of sp³-hybridized carbons (Fsp3) is 0.444. The molecule has 14 heteroatoms. The standard InChI is InChI=1S/C18H19F2N2O9P/c1-8-3-9(2)13-10(4-8)6-28-32(27,31-13)29-7-18(20)14(24)12(23)16(30-18)22-5-11(19)15(25)21-17(22)26/h3-5,12,14,16,23-24H,6-7H2,1-2H3,(H,21,25,26)/t12-,14+,16-,18-,32?/m1/s1/i7D2,16D. The Kier molecular flexibility index (Phi) is 4.70. The van der Waals surface area contributed by atoms with Crippen LogP contribution in [0.1, 0.15) is 27.0 Å². The number of nitrogens with one attached hydrogen (secondary N) is 1. The van der Waals surface area contributed by atoms with Crippen LogP contribution in [0.3, 0.4) is 0 Å². The van der Waals surface area contributed by atoms with Gasteiger partial charge in [0.1, 0.15) is 24.5 Å². The van der Waals surface area contributed by atoms with Crippen LogP contribution in [0.5, 0.6) is 5.75 Å². The molecule has 3 heterocycles. The molecule has 1 fully saturated rings. The van der Waals surface area contributed by atoms with E-state index in [1.165, 1.54) is 4.98 Å². The van der Waals surface area contributed by atoms with E-state index in [0.717, 1.165) is 5.56 Å². The fourth-order valence-corrected chi connectivity index (χ4v) is 4.39. The number of benzene rings is 1. The lowest BCUT2D eigenvalue weighted by Gasteiger charge is -2.29. The van der Waals surface area contributed by atoms with Crippen molar-refractivity contribution in [3.05, 3.63) is 61.7 Å². The molecule has 1 unspecified atom stereocenters. The van der Waals surface area contributed by atoms with Crippen molar-refractivity contribution in [1.29, 1.82) is 0 Å². The van der Waals surface area contributed by atoms with Crippen LogP contribution in [0.25, 0.3) is 0 Å². The molecule has 0 saturated carbocycles. The van der Waals surface area contributed by atoms with Gasteiger partial charge in [-0.2, -0.15) is 4.39 Å². The van der Waals surface area contributed by atoms with E-state index >= 15 is 4.39 Å². The van der Waals surface area contributed by atoms with Gasteiger partial charge in [-0.25, -0.2) is 13.8 Å². The lowest BCUT2D eigenvalue weighted by atomic mass is 10.1. The number of nitrogens with zero attached hydrogens (tertiary/aromatic N) is 1. The molecule has 3 N–H and O–H groups in total. The number of halogens is 2. The van der Waals surface area contributed by atoms with Gasteiger partial charge < -0.3 is 19.5 Å². The number of rotatable bonds is 4. The average Bonchev–Trinajstić information content (AvgIpc) is 2.93. The first-order valence-electron chi connectivity index (χ1n) is 10.6. The van der Waals surface area contributed by atoms with Crippen molar-refractivity contribution in [3.63, 3.8) is 0 Å². The van der Waals surface area contributed by atoms with Crippen molar-refractivity contribution in [2.45, 2.75) is 44.7 Å². The van der Waals surface area contributed by atoms with E-state index < -0.39 is 55.7 Å². The summed E-state index contributed by atoms with van der Waals surface area (Å²) in [6.07, 6.45) is -8.96. The maximum atomic E-state index is 15.8. The molecule has 1 aromatic heterocycles. The molecule has 0 radical (unpaired) electrons. The van der Waals surface area contributed by atoms with Gasteiger partial charge in [0.05, 0.1) is 16.9 Å². The third kappa shape index (κ3) is 3.91. The number of aliphatic hydroxyl groups is 2. The zero-order chi connectivity index (χ0) is 26.1. The number of ether oxygens (including phenoxy) is 1. The summed E-state index contributed by atoms with van der Waals surface area (Å²) in [5.41, 5.74) is -1.28. The highest BCUT2D eigenvalue weighted by molar-refractivity contribution is 7.49. The van der Waals surface area contributed by atoms with Crippen molar-refractivity contribution < 1.29 is 46.0 Å². The van der Waals surface area contributed by atoms with Crippen LogP contribution in [-0.4, -0.2) is 44.4 Å². The summed E-state index contributed by atoms with van der Waals surface area (Å²) >= 11 is 0. The molecule has 0 spiro atoms. The first-order chi connectivity index (χ1) is 16.0. The van der Waals surface area contributed by atoms with Crippen molar-refractivity contribution in [2.24, 2.45) is 0 Å². The molecule has 0 amide bonds. The van der Waals surface area contributed by atoms with Crippen LogP contribution in [-0.2, 0) is 25.0 Å². The number of H-pyrrole nitrogens is 1. The number of aromatic amines is 1. The number of alkyl halides is 1. The van der Waals surface area contributed by atoms with Crippen LogP contribution in [0.15, 0.2) is 27.9 Å². The molecule has 2 aromatic rings. The number of fused-ring (bicyclic) bond motifs is 1. The molecule has 1 saturated heterocycles. The van der Waals surface area contributed by atoms with E-state index in [1.54, 1.807) is 26.0 Å². The predicted molar refractivity (Wildman–Crippen MR) is 102 cm³/mol. The van der Waals surface area contributed by atoms with Gasteiger partial charge in [0.15, 0.2) is 6.20 Å². The van der Waals surface area contributed by atoms with E-state index in [0.29, 0.717) is 11.1 Å². The first-order valence-corrected chi connectivity index (χ1v) is 10.5. The van der Waals surface area contributed by atoms with Crippen LogP contribution >= 0.6 is 7.82 Å². The number of aryl methyl sites for hydroxylation is 2. The summed E-state index contributed by atoms with van der Waals surface area (Å²) in [4.78, 5) is 24.8. The molecule has 1 aromatic carbocycles. The Morgan fingerprint density at radius 2 is 2.16 bits per heavy atom. The highest BCUT2D eigenvalue weighted by Gasteiger charge is 2.57. The Bertz CT molecular complexity index is 1370. The summed E-state index contributed by atoms with van der Waals surface area (Å²) < 4.78 is 86.1. The summed E-state index contributed by atoms with van der Waals surface area (Å²) in [6, 6.07) is 3.31. The van der Waals surface area contributed by atoms with Crippen molar-refractivity contribution in [3.8, 4) is 5.75 Å². The molecule has 32 heavy (non-hydrogen) atoms. The first kappa shape index (κ1) is 19.1. The molecule has 2 aliphatic heterocycles. The molecule has 0 aliphatic carbocycles. The minimum Gasteiger partial charge on any atom is -0.403 e. The highest BCUT2D eigenvalue weighted by atomic mass is 31.2. The molecule has 5 atom stereocenters. The van der Waals surface area contributed by atoms with Gasteiger partial charge in [-0.3, -0.25) is 23.4 Å². The highest BCUT2D eigenvalue weighted by Crippen LogP contribution is 2.56. The average molecular weight is 479 g/mol. The van der Waals surface area contributed by atoms with Gasteiger partial charge in [-0.1, -0.05) is 17.7 Å². The van der Waals surface area contributed by atoms with Crippen molar-refractivity contribution >= 4 is 7.82 Å². The Morgan fingerprint density at radius 1 is 1.44 bits per heavy atom. The van der Waals surface area contributed by atoms with E-state index in [1.807, 2.05) is 0 Å². The molecular weight excluding hydrogens is 457 g/mol. The lowest BCUT2D eigenvalue weighted by Crippen LogP contribution is -2.43. The second-order valence-corrected chi connectivity index (χ2v) is 8.67. The van der Waals surface area contributed by atoms with E-state index in [4.69, 9.17) is 13.2 Å².